The fraction of sp³-hybridized carbons (Fsp3) is 0.0714. The first-order valence-corrected chi connectivity index (χ1v) is 5.70. The van der Waals surface area contributed by atoms with Crippen LogP contribution >= 0.6 is 11.6 Å². The second kappa shape index (κ2) is 5.65. The van der Waals surface area contributed by atoms with Gasteiger partial charge in [0.15, 0.2) is 6.29 Å². The summed E-state index contributed by atoms with van der Waals surface area (Å²) < 4.78 is 18.7. The minimum absolute atomic E-state index is 0.000862. The summed E-state index contributed by atoms with van der Waals surface area (Å²) in [5.74, 6) is -0.355. The summed E-state index contributed by atoms with van der Waals surface area (Å²) in [6.45, 7) is 0.310. The van der Waals surface area contributed by atoms with Gasteiger partial charge in [0.05, 0.1) is 10.6 Å². The highest BCUT2D eigenvalue weighted by Crippen LogP contribution is 2.29. The van der Waals surface area contributed by atoms with Crippen LogP contribution in [0.1, 0.15) is 15.9 Å². The molecule has 0 fully saturated rings. The molecule has 2 nitrogen and oxygen atoms in total. The van der Waals surface area contributed by atoms with Crippen molar-refractivity contribution >= 4 is 17.9 Å². The molecule has 0 aromatic heterocycles. The maximum Gasteiger partial charge on any atom is 0.154 e. The molecule has 0 N–H and O–H groups in total. The Labute approximate surface area is 109 Å². The van der Waals surface area contributed by atoms with Crippen LogP contribution in [0.15, 0.2) is 42.5 Å². The molecule has 2 rings (SSSR count). The zero-order valence-corrected chi connectivity index (χ0v) is 10.2. The Bertz CT molecular complexity index is 555. The van der Waals surface area contributed by atoms with E-state index in [2.05, 4.69) is 0 Å². The van der Waals surface area contributed by atoms with Crippen molar-refractivity contribution in [2.45, 2.75) is 6.61 Å². The number of aldehydes is 1. The van der Waals surface area contributed by atoms with E-state index in [0.29, 0.717) is 18.6 Å². The van der Waals surface area contributed by atoms with Crippen LogP contribution in [0.5, 0.6) is 5.75 Å². The van der Waals surface area contributed by atoms with Crippen molar-refractivity contribution < 1.29 is 13.9 Å². The number of halogens is 2. The molecule has 0 radical (unpaired) electrons. The first-order valence-electron chi connectivity index (χ1n) is 5.32. The second-order valence-electron chi connectivity index (χ2n) is 3.67. The average molecular weight is 265 g/mol. The molecule has 0 heterocycles. The van der Waals surface area contributed by atoms with E-state index < -0.39 is 5.82 Å². The molecule has 0 bridgehead atoms. The SMILES string of the molecule is O=Cc1c(F)ccc(OCc2ccccc2)c1Cl. The topological polar surface area (TPSA) is 26.3 Å². The summed E-state index contributed by atoms with van der Waals surface area (Å²) in [7, 11) is 0. The first-order chi connectivity index (χ1) is 8.72. The Morgan fingerprint density at radius 1 is 1.17 bits per heavy atom. The minimum Gasteiger partial charge on any atom is -0.487 e. The highest BCUT2D eigenvalue weighted by molar-refractivity contribution is 6.34. The molecule has 0 amide bonds. The molecular weight excluding hydrogens is 255 g/mol. The van der Waals surface area contributed by atoms with Crippen molar-refractivity contribution in [3.63, 3.8) is 0 Å². The van der Waals surface area contributed by atoms with E-state index in [4.69, 9.17) is 16.3 Å². The molecule has 0 unspecified atom stereocenters. The number of carbonyl (C=O) groups is 1. The Kier molecular flexibility index (Phi) is 3.95. The fourth-order valence-electron chi connectivity index (χ4n) is 1.50. The van der Waals surface area contributed by atoms with Crippen molar-refractivity contribution in [2.75, 3.05) is 0 Å². The van der Waals surface area contributed by atoms with Gasteiger partial charge < -0.3 is 4.74 Å². The van der Waals surface area contributed by atoms with E-state index in [9.17, 15) is 9.18 Å². The second-order valence-corrected chi connectivity index (χ2v) is 4.04. The zero-order valence-electron chi connectivity index (χ0n) is 9.40. The van der Waals surface area contributed by atoms with Crippen molar-refractivity contribution in [3.8, 4) is 5.75 Å². The van der Waals surface area contributed by atoms with Crippen LogP contribution in [0.3, 0.4) is 0 Å². The monoisotopic (exact) mass is 264 g/mol. The highest BCUT2D eigenvalue weighted by atomic mass is 35.5. The van der Waals surface area contributed by atoms with Gasteiger partial charge in [0.25, 0.3) is 0 Å². The smallest absolute Gasteiger partial charge is 0.154 e. The molecule has 92 valence electrons. The van der Waals surface area contributed by atoms with Gasteiger partial charge in [0.1, 0.15) is 18.2 Å². The number of benzene rings is 2. The predicted octanol–water partition coefficient (Wildman–Crippen LogP) is 3.87. The van der Waals surface area contributed by atoms with Crippen molar-refractivity contribution in [3.05, 3.63) is 64.4 Å². The Morgan fingerprint density at radius 2 is 1.89 bits per heavy atom. The summed E-state index contributed by atoms with van der Waals surface area (Å²) in [6, 6.07) is 12.1. The van der Waals surface area contributed by atoms with Crippen LogP contribution in [-0.4, -0.2) is 6.29 Å². The van der Waals surface area contributed by atoms with Crippen LogP contribution in [0.2, 0.25) is 5.02 Å². The largest absolute Gasteiger partial charge is 0.487 e. The van der Waals surface area contributed by atoms with Crippen LogP contribution in [0, 0.1) is 5.82 Å². The zero-order chi connectivity index (χ0) is 13.0. The van der Waals surface area contributed by atoms with Gasteiger partial charge in [0.2, 0.25) is 0 Å². The van der Waals surface area contributed by atoms with Crippen LogP contribution in [0.25, 0.3) is 0 Å². The first kappa shape index (κ1) is 12.6. The molecule has 0 aliphatic rings. The third-order valence-electron chi connectivity index (χ3n) is 2.45. The summed E-state index contributed by atoms with van der Waals surface area (Å²) >= 11 is 5.88. The minimum atomic E-state index is -0.651. The normalized spacial score (nSPS) is 10.1. The molecule has 0 atom stereocenters. The summed E-state index contributed by atoms with van der Waals surface area (Å²) in [6.07, 6.45) is 0.382. The maximum atomic E-state index is 13.2. The lowest BCUT2D eigenvalue weighted by molar-refractivity contribution is 0.111. The van der Waals surface area contributed by atoms with Crippen LogP contribution in [-0.2, 0) is 6.61 Å². The standard InChI is InChI=1S/C14H10ClFO2/c15-14-11(8-17)12(16)6-7-13(14)18-9-10-4-2-1-3-5-10/h1-8H,9H2. The van der Waals surface area contributed by atoms with Gasteiger partial charge in [-0.2, -0.15) is 0 Å². The van der Waals surface area contributed by atoms with E-state index in [-0.39, 0.29) is 10.6 Å². The van der Waals surface area contributed by atoms with Crippen LogP contribution < -0.4 is 4.74 Å². The summed E-state index contributed by atoms with van der Waals surface area (Å²) in [4.78, 5) is 10.7. The molecule has 2 aromatic carbocycles. The molecule has 0 saturated heterocycles. The van der Waals surface area contributed by atoms with E-state index in [1.165, 1.54) is 6.07 Å². The van der Waals surface area contributed by atoms with Crippen molar-refractivity contribution in [1.29, 1.82) is 0 Å². The van der Waals surface area contributed by atoms with E-state index in [1.54, 1.807) is 0 Å². The van der Waals surface area contributed by atoms with Gasteiger partial charge in [-0.15, -0.1) is 0 Å². The van der Waals surface area contributed by atoms with Gasteiger partial charge in [-0.05, 0) is 17.7 Å². The van der Waals surface area contributed by atoms with Crippen LogP contribution in [0.4, 0.5) is 4.39 Å². The third-order valence-corrected chi connectivity index (χ3v) is 2.84. The summed E-state index contributed by atoms with van der Waals surface area (Å²) in [5, 5.41) is 0.000862. The van der Waals surface area contributed by atoms with E-state index >= 15 is 0 Å². The molecule has 2 aromatic rings. The number of hydrogen-bond donors (Lipinski definition) is 0. The number of rotatable bonds is 4. The lowest BCUT2D eigenvalue weighted by Crippen LogP contribution is -1.98. The Morgan fingerprint density at radius 3 is 2.56 bits per heavy atom. The van der Waals surface area contributed by atoms with Gasteiger partial charge in [0, 0.05) is 0 Å². The molecular formula is C14H10ClFO2. The lowest BCUT2D eigenvalue weighted by Gasteiger charge is -2.09. The predicted molar refractivity (Wildman–Crippen MR) is 67.6 cm³/mol. The molecule has 0 saturated carbocycles. The summed E-state index contributed by atoms with van der Waals surface area (Å²) in [5.41, 5.74) is 0.785. The Hall–Kier alpha value is -1.87. The number of hydrogen-bond acceptors (Lipinski definition) is 2. The number of carbonyl (C=O) groups excluding carboxylic acids is 1. The molecule has 4 heteroatoms. The quantitative estimate of drug-likeness (QED) is 0.784. The third kappa shape index (κ3) is 2.68. The van der Waals surface area contributed by atoms with E-state index in [0.717, 1.165) is 11.6 Å². The van der Waals surface area contributed by atoms with Gasteiger partial charge in [-0.25, -0.2) is 4.39 Å². The van der Waals surface area contributed by atoms with Crippen molar-refractivity contribution in [1.82, 2.24) is 0 Å². The fourth-order valence-corrected chi connectivity index (χ4v) is 1.76. The highest BCUT2D eigenvalue weighted by Gasteiger charge is 2.12. The Balaban J connectivity index is 2.18. The molecule has 0 aliphatic carbocycles. The molecule has 0 aliphatic heterocycles. The van der Waals surface area contributed by atoms with Gasteiger partial charge in [-0.3, -0.25) is 4.79 Å². The van der Waals surface area contributed by atoms with Gasteiger partial charge in [-0.1, -0.05) is 41.9 Å². The number of ether oxygens (including phenoxy) is 1. The van der Waals surface area contributed by atoms with Crippen molar-refractivity contribution in [2.24, 2.45) is 0 Å². The van der Waals surface area contributed by atoms with Gasteiger partial charge >= 0.3 is 0 Å². The maximum absolute atomic E-state index is 13.2. The molecule has 0 spiro atoms. The average Bonchev–Trinajstić information content (AvgIpc) is 2.40. The molecule has 18 heavy (non-hydrogen) atoms. The lowest BCUT2D eigenvalue weighted by atomic mass is 10.2. The van der Waals surface area contributed by atoms with E-state index in [1.807, 2.05) is 30.3 Å².